The van der Waals surface area contributed by atoms with Gasteiger partial charge in [0.2, 0.25) is 5.91 Å². The van der Waals surface area contributed by atoms with Gasteiger partial charge < -0.3 is 10.2 Å². The molecule has 1 aliphatic rings. The number of hydrogen-bond acceptors (Lipinski definition) is 3. The maximum Gasteiger partial charge on any atom is 0.256 e. The van der Waals surface area contributed by atoms with E-state index >= 15 is 0 Å². The van der Waals surface area contributed by atoms with Crippen LogP contribution >= 0.6 is 0 Å². The van der Waals surface area contributed by atoms with E-state index in [1.807, 2.05) is 6.07 Å². The Bertz CT molecular complexity index is 692. The van der Waals surface area contributed by atoms with E-state index in [4.69, 9.17) is 0 Å². The normalized spacial score (nSPS) is 14.5. The Kier molecular flexibility index (Phi) is 3.43. The highest BCUT2D eigenvalue weighted by Gasteiger charge is 2.22. The molecule has 1 aromatic heterocycles. The Balaban J connectivity index is 1.79. The third-order valence-corrected chi connectivity index (χ3v) is 3.45. The molecule has 2 aromatic rings. The number of aryl methyl sites for hydroxylation is 1. The highest BCUT2D eigenvalue weighted by molar-refractivity contribution is 6.05. The molecule has 1 aromatic carbocycles. The summed E-state index contributed by atoms with van der Waals surface area (Å²) in [5.41, 5.74) is 1.28. The van der Waals surface area contributed by atoms with Crippen LogP contribution in [0.4, 0.5) is 11.5 Å². The maximum absolute atomic E-state index is 12.2. The van der Waals surface area contributed by atoms with Crippen LogP contribution in [0.1, 0.15) is 23.2 Å². The fourth-order valence-electron chi connectivity index (χ4n) is 2.41. The van der Waals surface area contributed by atoms with Crippen molar-refractivity contribution in [1.82, 2.24) is 9.78 Å². The fraction of sp³-hybridized carbons (Fsp3) is 0.267. The zero-order chi connectivity index (χ0) is 14.8. The number of carbonyl (C=O) groups excluding carboxylic acids is 2. The second-order valence-corrected chi connectivity index (χ2v) is 5.03. The molecular formula is C15H16N4O2. The van der Waals surface area contributed by atoms with Crippen molar-refractivity contribution in [3.05, 3.63) is 42.1 Å². The lowest BCUT2D eigenvalue weighted by Gasteiger charge is -2.16. The van der Waals surface area contributed by atoms with Crippen LogP contribution in [0.25, 0.3) is 0 Å². The molecule has 0 bridgehead atoms. The highest BCUT2D eigenvalue weighted by atomic mass is 16.2. The lowest BCUT2D eigenvalue weighted by Crippen LogP contribution is -2.24. The van der Waals surface area contributed by atoms with Gasteiger partial charge in [0.1, 0.15) is 0 Å². The predicted molar refractivity (Wildman–Crippen MR) is 79.2 cm³/mol. The van der Waals surface area contributed by atoms with E-state index in [-0.39, 0.29) is 11.8 Å². The van der Waals surface area contributed by atoms with Crippen molar-refractivity contribution in [3.8, 4) is 0 Å². The van der Waals surface area contributed by atoms with Gasteiger partial charge in [-0.25, -0.2) is 0 Å². The molecule has 1 fully saturated rings. The van der Waals surface area contributed by atoms with E-state index in [0.29, 0.717) is 24.3 Å². The molecule has 21 heavy (non-hydrogen) atoms. The third-order valence-electron chi connectivity index (χ3n) is 3.45. The Morgan fingerprint density at radius 1 is 1.33 bits per heavy atom. The predicted octanol–water partition coefficient (Wildman–Crippen LogP) is 1.80. The SMILES string of the molecule is Cn1ccc(NC(=O)c2cccc(N3CCCC3=O)c2)n1. The molecule has 2 amide bonds. The van der Waals surface area contributed by atoms with Crippen LogP contribution in [0.3, 0.4) is 0 Å². The molecule has 1 aliphatic heterocycles. The summed E-state index contributed by atoms with van der Waals surface area (Å²) in [5, 5.41) is 6.84. The second-order valence-electron chi connectivity index (χ2n) is 5.03. The highest BCUT2D eigenvalue weighted by Crippen LogP contribution is 2.22. The Morgan fingerprint density at radius 2 is 2.19 bits per heavy atom. The number of anilines is 2. The molecule has 1 N–H and O–H groups in total. The molecule has 2 heterocycles. The first-order chi connectivity index (χ1) is 10.1. The van der Waals surface area contributed by atoms with Crippen molar-refractivity contribution in [1.29, 1.82) is 0 Å². The minimum absolute atomic E-state index is 0.109. The Labute approximate surface area is 122 Å². The summed E-state index contributed by atoms with van der Waals surface area (Å²) >= 11 is 0. The molecule has 0 atom stereocenters. The average molecular weight is 284 g/mol. The summed E-state index contributed by atoms with van der Waals surface area (Å²) < 4.78 is 1.62. The Hall–Kier alpha value is -2.63. The van der Waals surface area contributed by atoms with Crippen molar-refractivity contribution in [2.45, 2.75) is 12.8 Å². The number of nitrogens with one attached hydrogen (secondary N) is 1. The van der Waals surface area contributed by atoms with Crippen molar-refractivity contribution in [2.75, 3.05) is 16.8 Å². The molecule has 0 unspecified atom stereocenters. The summed E-state index contributed by atoms with van der Waals surface area (Å²) in [5.74, 6) is 0.379. The summed E-state index contributed by atoms with van der Waals surface area (Å²) in [6.45, 7) is 0.712. The lowest BCUT2D eigenvalue weighted by molar-refractivity contribution is -0.117. The first-order valence-electron chi connectivity index (χ1n) is 6.85. The van der Waals surface area contributed by atoms with Gasteiger partial charge in [-0.05, 0) is 24.6 Å². The molecule has 0 spiro atoms. The van der Waals surface area contributed by atoms with Crippen LogP contribution in [0, 0.1) is 0 Å². The van der Waals surface area contributed by atoms with E-state index in [9.17, 15) is 9.59 Å². The molecule has 6 nitrogen and oxygen atoms in total. The van der Waals surface area contributed by atoms with E-state index in [1.165, 1.54) is 0 Å². The van der Waals surface area contributed by atoms with Crippen LogP contribution in [-0.2, 0) is 11.8 Å². The number of aromatic nitrogens is 2. The number of benzene rings is 1. The zero-order valence-corrected chi connectivity index (χ0v) is 11.7. The number of nitrogens with zero attached hydrogens (tertiary/aromatic N) is 3. The topological polar surface area (TPSA) is 67.2 Å². The third kappa shape index (κ3) is 2.79. The molecule has 108 valence electrons. The maximum atomic E-state index is 12.2. The molecule has 1 saturated heterocycles. The van der Waals surface area contributed by atoms with Crippen LogP contribution in [0.15, 0.2) is 36.5 Å². The second kappa shape index (κ2) is 5.40. The van der Waals surface area contributed by atoms with E-state index in [0.717, 1.165) is 12.1 Å². The number of rotatable bonds is 3. The number of hydrogen-bond donors (Lipinski definition) is 1. The van der Waals surface area contributed by atoms with Crippen molar-refractivity contribution in [2.24, 2.45) is 7.05 Å². The van der Waals surface area contributed by atoms with Crippen LogP contribution in [0.2, 0.25) is 0 Å². The molecule has 0 radical (unpaired) electrons. The smallest absolute Gasteiger partial charge is 0.256 e. The van der Waals surface area contributed by atoms with Crippen LogP contribution in [0.5, 0.6) is 0 Å². The molecule has 0 aliphatic carbocycles. The van der Waals surface area contributed by atoms with Gasteiger partial charge in [0.15, 0.2) is 5.82 Å². The van der Waals surface area contributed by atoms with Crippen LogP contribution in [-0.4, -0.2) is 28.1 Å². The molecule has 6 heteroatoms. The Morgan fingerprint density at radius 3 is 2.86 bits per heavy atom. The fourth-order valence-corrected chi connectivity index (χ4v) is 2.41. The molecular weight excluding hydrogens is 268 g/mol. The van der Waals surface area contributed by atoms with Crippen molar-refractivity contribution >= 4 is 23.3 Å². The lowest BCUT2D eigenvalue weighted by atomic mass is 10.1. The van der Waals surface area contributed by atoms with Gasteiger partial charge in [-0.1, -0.05) is 6.07 Å². The van der Waals surface area contributed by atoms with Gasteiger partial charge in [-0.2, -0.15) is 5.10 Å². The first kappa shape index (κ1) is 13.4. The summed E-state index contributed by atoms with van der Waals surface area (Å²) in [6.07, 6.45) is 3.20. The van der Waals surface area contributed by atoms with E-state index in [1.54, 1.807) is 47.1 Å². The van der Waals surface area contributed by atoms with Crippen molar-refractivity contribution in [3.63, 3.8) is 0 Å². The van der Waals surface area contributed by atoms with E-state index in [2.05, 4.69) is 10.4 Å². The van der Waals surface area contributed by atoms with Gasteiger partial charge in [-0.15, -0.1) is 0 Å². The molecule has 0 saturated carbocycles. The van der Waals surface area contributed by atoms with Gasteiger partial charge in [0.25, 0.3) is 5.91 Å². The minimum Gasteiger partial charge on any atom is -0.312 e. The van der Waals surface area contributed by atoms with Gasteiger partial charge in [0, 0.05) is 43.5 Å². The summed E-state index contributed by atoms with van der Waals surface area (Å²) in [4.78, 5) is 25.7. The largest absolute Gasteiger partial charge is 0.312 e. The quantitative estimate of drug-likeness (QED) is 0.934. The average Bonchev–Trinajstić information content (AvgIpc) is 3.07. The standard InChI is InChI=1S/C15H16N4O2/c1-18-9-7-13(17-18)16-15(21)11-4-2-5-12(10-11)19-8-3-6-14(19)20/h2,4-5,7,9-10H,3,6,8H2,1H3,(H,16,17,21). The number of carbonyl (C=O) groups is 2. The number of amides is 2. The van der Waals surface area contributed by atoms with Gasteiger partial charge >= 0.3 is 0 Å². The molecule has 3 rings (SSSR count). The summed E-state index contributed by atoms with van der Waals surface area (Å²) in [7, 11) is 1.79. The van der Waals surface area contributed by atoms with Gasteiger partial charge in [-0.3, -0.25) is 14.3 Å². The van der Waals surface area contributed by atoms with E-state index < -0.39 is 0 Å². The minimum atomic E-state index is -0.234. The monoisotopic (exact) mass is 284 g/mol. The zero-order valence-electron chi connectivity index (χ0n) is 11.7. The van der Waals surface area contributed by atoms with Gasteiger partial charge in [0.05, 0.1) is 0 Å². The summed E-state index contributed by atoms with van der Waals surface area (Å²) in [6, 6.07) is 8.82. The van der Waals surface area contributed by atoms with Crippen molar-refractivity contribution < 1.29 is 9.59 Å². The first-order valence-corrected chi connectivity index (χ1v) is 6.85. The van der Waals surface area contributed by atoms with Crippen LogP contribution < -0.4 is 10.2 Å².